The third-order valence-corrected chi connectivity index (χ3v) is 2.14. The van der Waals surface area contributed by atoms with Crippen LogP contribution in [0.3, 0.4) is 0 Å². The van der Waals surface area contributed by atoms with Crippen molar-refractivity contribution in [2.45, 2.75) is 6.04 Å². The van der Waals surface area contributed by atoms with Crippen LogP contribution in [0.25, 0.3) is 0 Å². The van der Waals surface area contributed by atoms with Crippen molar-refractivity contribution >= 4 is 5.91 Å². The maximum atomic E-state index is 11.6. The summed E-state index contributed by atoms with van der Waals surface area (Å²) in [5.74, 6) is -0.495. The molecule has 3 N–H and O–H groups in total. The Morgan fingerprint density at radius 2 is 2.12 bits per heavy atom. The Balaban J connectivity index is 2.81. The first kappa shape index (κ1) is 12.4. The monoisotopic (exact) mass is 226 g/mol. The molecule has 0 aliphatic carbocycles. The second-order valence-electron chi connectivity index (χ2n) is 3.40. The number of aryl methyl sites for hydroxylation is 1. The molecule has 0 saturated carbocycles. The Morgan fingerprint density at radius 1 is 1.50 bits per heavy atom. The van der Waals surface area contributed by atoms with Crippen LogP contribution in [-0.4, -0.2) is 39.9 Å². The third-order valence-electron chi connectivity index (χ3n) is 2.14. The molecule has 6 heteroatoms. The number of rotatable bonds is 4. The fraction of sp³-hybridized carbons (Fsp3) is 0.400. The van der Waals surface area contributed by atoms with Crippen molar-refractivity contribution in [1.29, 1.82) is 0 Å². The van der Waals surface area contributed by atoms with Gasteiger partial charge < -0.3 is 20.1 Å². The van der Waals surface area contributed by atoms with E-state index in [1.165, 1.54) is 22.9 Å². The average Bonchev–Trinajstić information content (AvgIpc) is 2.29. The number of aliphatic hydroxyl groups is 2. The fourth-order valence-corrected chi connectivity index (χ4v) is 1.11. The molecule has 0 unspecified atom stereocenters. The summed E-state index contributed by atoms with van der Waals surface area (Å²) in [6.07, 6.45) is 1.48. The van der Waals surface area contributed by atoms with E-state index >= 15 is 0 Å². The number of nitrogens with zero attached hydrogens (tertiary/aromatic N) is 1. The molecule has 0 fully saturated rings. The van der Waals surface area contributed by atoms with Crippen LogP contribution in [-0.2, 0) is 7.05 Å². The third kappa shape index (κ3) is 2.91. The van der Waals surface area contributed by atoms with Crippen LogP contribution in [0.2, 0.25) is 0 Å². The highest BCUT2D eigenvalue weighted by atomic mass is 16.3. The van der Waals surface area contributed by atoms with E-state index in [0.717, 1.165) is 0 Å². The van der Waals surface area contributed by atoms with Gasteiger partial charge in [-0.2, -0.15) is 0 Å². The van der Waals surface area contributed by atoms with Crippen LogP contribution in [0.4, 0.5) is 0 Å². The molecule has 1 aromatic heterocycles. The molecule has 1 aromatic rings. The number of aliphatic hydroxyl groups excluding tert-OH is 2. The summed E-state index contributed by atoms with van der Waals surface area (Å²) in [7, 11) is 1.58. The molecule has 0 aliphatic heterocycles. The van der Waals surface area contributed by atoms with Gasteiger partial charge in [0, 0.05) is 24.9 Å². The van der Waals surface area contributed by atoms with E-state index in [4.69, 9.17) is 10.2 Å². The van der Waals surface area contributed by atoms with Crippen LogP contribution in [0.15, 0.2) is 23.1 Å². The molecule has 0 atom stereocenters. The van der Waals surface area contributed by atoms with Crippen LogP contribution >= 0.6 is 0 Å². The number of amides is 1. The minimum Gasteiger partial charge on any atom is -0.394 e. The maximum Gasteiger partial charge on any atom is 0.251 e. The van der Waals surface area contributed by atoms with Crippen molar-refractivity contribution in [1.82, 2.24) is 9.88 Å². The molecule has 0 saturated heterocycles. The second kappa shape index (κ2) is 5.43. The molecule has 0 aromatic carbocycles. The maximum absolute atomic E-state index is 11.6. The van der Waals surface area contributed by atoms with Gasteiger partial charge >= 0.3 is 0 Å². The molecule has 1 amide bonds. The molecule has 16 heavy (non-hydrogen) atoms. The zero-order valence-corrected chi connectivity index (χ0v) is 8.88. The molecular formula is C10H14N2O4. The molecule has 6 nitrogen and oxygen atoms in total. The van der Waals surface area contributed by atoms with E-state index < -0.39 is 11.9 Å². The van der Waals surface area contributed by atoms with E-state index in [1.54, 1.807) is 7.05 Å². The van der Waals surface area contributed by atoms with Crippen molar-refractivity contribution in [2.75, 3.05) is 13.2 Å². The van der Waals surface area contributed by atoms with E-state index in [9.17, 15) is 9.59 Å². The minimum absolute atomic E-state index is 0.204. The van der Waals surface area contributed by atoms with E-state index in [1.807, 2.05) is 0 Å². The first-order chi connectivity index (χ1) is 7.58. The number of carbonyl (C=O) groups is 1. The van der Waals surface area contributed by atoms with Gasteiger partial charge in [-0.15, -0.1) is 0 Å². The van der Waals surface area contributed by atoms with Crippen molar-refractivity contribution in [2.24, 2.45) is 7.05 Å². The molecule has 1 heterocycles. The highest BCUT2D eigenvalue weighted by molar-refractivity contribution is 5.94. The first-order valence-electron chi connectivity index (χ1n) is 4.77. The quantitative estimate of drug-likeness (QED) is 0.580. The van der Waals surface area contributed by atoms with Crippen molar-refractivity contribution < 1.29 is 15.0 Å². The normalized spacial score (nSPS) is 10.5. The van der Waals surface area contributed by atoms with Gasteiger partial charge in [-0.3, -0.25) is 9.59 Å². The Bertz CT molecular complexity index is 423. The van der Waals surface area contributed by atoms with Crippen LogP contribution in [0.5, 0.6) is 0 Å². The first-order valence-corrected chi connectivity index (χ1v) is 4.77. The number of aromatic nitrogens is 1. The predicted octanol–water partition coefficient (Wildman–Crippen LogP) is -1.53. The summed E-state index contributed by atoms with van der Waals surface area (Å²) in [4.78, 5) is 22.8. The summed E-state index contributed by atoms with van der Waals surface area (Å²) < 4.78 is 1.34. The highest BCUT2D eigenvalue weighted by Gasteiger charge is 2.12. The predicted molar refractivity (Wildman–Crippen MR) is 57.1 cm³/mol. The van der Waals surface area contributed by atoms with E-state index in [-0.39, 0.29) is 24.3 Å². The lowest BCUT2D eigenvalue weighted by Gasteiger charge is -2.13. The molecule has 0 bridgehead atoms. The SMILES string of the molecule is Cn1ccc(C(=O)NC(CO)CO)cc1=O. The van der Waals surface area contributed by atoms with Crippen LogP contribution in [0.1, 0.15) is 10.4 Å². The van der Waals surface area contributed by atoms with Gasteiger partial charge in [-0.25, -0.2) is 0 Å². The average molecular weight is 226 g/mol. The largest absolute Gasteiger partial charge is 0.394 e. The van der Waals surface area contributed by atoms with Gasteiger partial charge in [0.15, 0.2) is 0 Å². The fourth-order valence-electron chi connectivity index (χ4n) is 1.11. The van der Waals surface area contributed by atoms with Crippen LogP contribution < -0.4 is 10.9 Å². The summed E-state index contributed by atoms with van der Waals surface area (Å²) >= 11 is 0. The molecule has 0 radical (unpaired) electrons. The molecule has 1 rings (SSSR count). The minimum atomic E-state index is -0.712. The van der Waals surface area contributed by atoms with Gasteiger partial charge in [0.25, 0.3) is 11.5 Å². The molecular weight excluding hydrogens is 212 g/mol. The summed E-state index contributed by atoms with van der Waals surface area (Å²) in [6.45, 7) is -0.708. The zero-order valence-electron chi connectivity index (χ0n) is 8.88. The second-order valence-corrected chi connectivity index (χ2v) is 3.40. The number of carbonyl (C=O) groups excluding carboxylic acids is 1. The number of hydrogen-bond acceptors (Lipinski definition) is 4. The Hall–Kier alpha value is -1.66. The topological polar surface area (TPSA) is 91.6 Å². The Kier molecular flexibility index (Phi) is 4.21. The summed E-state index contributed by atoms with van der Waals surface area (Å²) in [5.41, 5.74) is -0.0906. The smallest absolute Gasteiger partial charge is 0.251 e. The standard InChI is InChI=1S/C10H14N2O4/c1-12-3-2-7(4-9(12)15)10(16)11-8(5-13)6-14/h2-4,8,13-14H,5-6H2,1H3,(H,11,16). The van der Waals surface area contributed by atoms with Gasteiger partial charge in [0.1, 0.15) is 0 Å². The molecule has 0 aliphatic rings. The van der Waals surface area contributed by atoms with Gasteiger partial charge in [0.05, 0.1) is 19.3 Å². The lowest BCUT2D eigenvalue weighted by Crippen LogP contribution is -2.40. The Labute approximate surface area is 92.1 Å². The molecule has 0 spiro atoms. The van der Waals surface area contributed by atoms with Crippen LogP contribution in [0, 0.1) is 0 Å². The van der Waals surface area contributed by atoms with Gasteiger partial charge in [-0.05, 0) is 6.07 Å². The number of pyridine rings is 1. The lowest BCUT2D eigenvalue weighted by atomic mass is 10.2. The number of hydrogen-bond donors (Lipinski definition) is 3. The van der Waals surface area contributed by atoms with Gasteiger partial charge in [0.2, 0.25) is 0 Å². The summed E-state index contributed by atoms with van der Waals surface area (Å²) in [6, 6.07) is 1.97. The van der Waals surface area contributed by atoms with E-state index in [0.29, 0.717) is 0 Å². The Morgan fingerprint density at radius 3 is 2.62 bits per heavy atom. The van der Waals surface area contributed by atoms with Crippen molar-refractivity contribution in [3.8, 4) is 0 Å². The van der Waals surface area contributed by atoms with Crippen molar-refractivity contribution in [3.05, 3.63) is 34.2 Å². The number of nitrogens with one attached hydrogen (secondary N) is 1. The van der Waals surface area contributed by atoms with E-state index in [2.05, 4.69) is 5.32 Å². The van der Waals surface area contributed by atoms with Gasteiger partial charge in [-0.1, -0.05) is 0 Å². The van der Waals surface area contributed by atoms with Crippen molar-refractivity contribution in [3.63, 3.8) is 0 Å². The zero-order chi connectivity index (χ0) is 12.1. The lowest BCUT2D eigenvalue weighted by molar-refractivity contribution is 0.0879. The molecule has 88 valence electrons. The summed E-state index contributed by atoms with van der Waals surface area (Å²) in [5, 5.41) is 20.0. The highest BCUT2D eigenvalue weighted by Crippen LogP contribution is 1.95.